The lowest BCUT2D eigenvalue weighted by Crippen LogP contribution is -2.13. The normalized spacial score (nSPS) is 10.0. The van der Waals surface area contributed by atoms with Gasteiger partial charge in [-0.05, 0) is 37.3 Å². The number of amides is 1. The Morgan fingerprint density at radius 1 is 1.19 bits per heavy atom. The summed E-state index contributed by atoms with van der Waals surface area (Å²) >= 11 is 0. The van der Waals surface area contributed by atoms with Crippen molar-refractivity contribution in [3.8, 4) is 11.5 Å². The van der Waals surface area contributed by atoms with E-state index >= 15 is 0 Å². The quantitative estimate of drug-likeness (QED) is 0.829. The van der Waals surface area contributed by atoms with Gasteiger partial charge in [-0.15, -0.1) is 0 Å². The van der Waals surface area contributed by atoms with E-state index in [1.807, 2.05) is 13.0 Å². The van der Waals surface area contributed by atoms with Crippen molar-refractivity contribution in [3.63, 3.8) is 0 Å². The number of nitrogen functional groups attached to an aromatic ring is 1. The third-order valence-corrected chi connectivity index (χ3v) is 2.91. The van der Waals surface area contributed by atoms with Crippen molar-refractivity contribution in [2.45, 2.75) is 6.92 Å². The van der Waals surface area contributed by atoms with E-state index in [-0.39, 0.29) is 5.91 Å². The molecular weight excluding hydrogens is 268 g/mol. The summed E-state index contributed by atoms with van der Waals surface area (Å²) < 4.78 is 10.5. The molecule has 5 heteroatoms. The lowest BCUT2D eigenvalue weighted by Gasteiger charge is -2.10. The fraction of sp³-hybridized carbons (Fsp3) is 0.188. The molecule has 110 valence electrons. The lowest BCUT2D eigenvalue weighted by atomic mass is 10.2. The maximum atomic E-state index is 12.2. The van der Waals surface area contributed by atoms with Gasteiger partial charge in [-0.25, -0.2) is 0 Å². The van der Waals surface area contributed by atoms with Crippen molar-refractivity contribution >= 4 is 17.3 Å². The molecule has 0 spiro atoms. The average molecular weight is 286 g/mol. The zero-order valence-corrected chi connectivity index (χ0v) is 12.1. The standard InChI is InChI=1S/C16H18N2O3/c1-3-21-13-6-4-5-11(9-13)16(19)18-15-8-7-12(20-2)10-14(15)17/h4-10H,3,17H2,1-2H3,(H,18,19). The Morgan fingerprint density at radius 3 is 2.67 bits per heavy atom. The van der Waals surface area contributed by atoms with E-state index in [0.717, 1.165) is 0 Å². The first-order chi connectivity index (χ1) is 10.1. The molecule has 0 radical (unpaired) electrons. The Kier molecular flexibility index (Phi) is 4.66. The maximum absolute atomic E-state index is 12.2. The molecule has 0 aliphatic carbocycles. The van der Waals surface area contributed by atoms with Crippen molar-refractivity contribution in [2.75, 3.05) is 24.8 Å². The number of hydrogen-bond donors (Lipinski definition) is 2. The van der Waals surface area contributed by atoms with Crippen LogP contribution in [0.3, 0.4) is 0 Å². The largest absolute Gasteiger partial charge is 0.497 e. The smallest absolute Gasteiger partial charge is 0.255 e. The fourth-order valence-electron chi connectivity index (χ4n) is 1.87. The molecule has 1 amide bonds. The molecule has 0 aliphatic heterocycles. The molecule has 0 heterocycles. The number of rotatable bonds is 5. The van der Waals surface area contributed by atoms with Crippen LogP contribution >= 0.6 is 0 Å². The Morgan fingerprint density at radius 2 is 2.00 bits per heavy atom. The van der Waals surface area contributed by atoms with E-state index in [0.29, 0.717) is 35.0 Å². The predicted molar refractivity (Wildman–Crippen MR) is 83.0 cm³/mol. The Hall–Kier alpha value is -2.69. The molecule has 0 bridgehead atoms. The highest BCUT2D eigenvalue weighted by Gasteiger charge is 2.09. The molecule has 0 saturated heterocycles. The molecule has 0 unspecified atom stereocenters. The van der Waals surface area contributed by atoms with Crippen LogP contribution in [0.25, 0.3) is 0 Å². The van der Waals surface area contributed by atoms with Gasteiger partial charge < -0.3 is 20.5 Å². The second-order valence-electron chi connectivity index (χ2n) is 4.37. The molecule has 0 atom stereocenters. The minimum Gasteiger partial charge on any atom is -0.497 e. The van der Waals surface area contributed by atoms with Gasteiger partial charge in [-0.1, -0.05) is 6.07 Å². The molecule has 2 aromatic carbocycles. The number of anilines is 2. The van der Waals surface area contributed by atoms with Crippen LogP contribution in [0.15, 0.2) is 42.5 Å². The highest BCUT2D eigenvalue weighted by Crippen LogP contribution is 2.25. The van der Waals surface area contributed by atoms with E-state index in [4.69, 9.17) is 15.2 Å². The molecule has 3 N–H and O–H groups in total. The number of benzene rings is 2. The van der Waals surface area contributed by atoms with E-state index in [9.17, 15) is 4.79 Å². The van der Waals surface area contributed by atoms with Crippen LogP contribution in [0.5, 0.6) is 11.5 Å². The van der Waals surface area contributed by atoms with Crippen LogP contribution in [-0.4, -0.2) is 19.6 Å². The van der Waals surface area contributed by atoms with Gasteiger partial charge in [0.1, 0.15) is 11.5 Å². The van der Waals surface area contributed by atoms with Gasteiger partial charge in [-0.2, -0.15) is 0 Å². The van der Waals surface area contributed by atoms with Gasteiger partial charge in [0.15, 0.2) is 0 Å². The van der Waals surface area contributed by atoms with Gasteiger partial charge in [0.05, 0.1) is 25.1 Å². The zero-order valence-electron chi connectivity index (χ0n) is 12.1. The third kappa shape index (κ3) is 3.66. The number of nitrogens with two attached hydrogens (primary N) is 1. The summed E-state index contributed by atoms with van der Waals surface area (Å²) in [5, 5.41) is 2.77. The molecule has 2 rings (SSSR count). The van der Waals surface area contributed by atoms with Crippen LogP contribution in [0.1, 0.15) is 17.3 Å². The number of carbonyl (C=O) groups excluding carboxylic acids is 1. The third-order valence-electron chi connectivity index (χ3n) is 2.91. The molecule has 5 nitrogen and oxygen atoms in total. The van der Waals surface area contributed by atoms with Gasteiger partial charge in [-0.3, -0.25) is 4.79 Å². The summed E-state index contributed by atoms with van der Waals surface area (Å²) in [5.74, 6) is 1.06. The number of carbonyl (C=O) groups is 1. The Balaban J connectivity index is 2.16. The number of methoxy groups -OCH3 is 1. The molecule has 0 saturated carbocycles. The molecule has 0 fully saturated rings. The summed E-state index contributed by atoms with van der Waals surface area (Å²) in [6.07, 6.45) is 0. The minimum atomic E-state index is -0.242. The van der Waals surface area contributed by atoms with Crippen molar-refractivity contribution in [1.29, 1.82) is 0 Å². The molecule has 0 aromatic heterocycles. The number of nitrogens with one attached hydrogen (secondary N) is 1. The Labute approximate surface area is 123 Å². The van der Waals surface area contributed by atoms with Crippen molar-refractivity contribution < 1.29 is 14.3 Å². The van der Waals surface area contributed by atoms with Crippen molar-refractivity contribution in [1.82, 2.24) is 0 Å². The summed E-state index contributed by atoms with van der Waals surface area (Å²) in [5.41, 5.74) is 7.38. The Bertz CT molecular complexity index is 641. The lowest BCUT2D eigenvalue weighted by molar-refractivity contribution is 0.102. The number of hydrogen-bond acceptors (Lipinski definition) is 4. The van der Waals surface area contributed by atoms with Crippen LogP contribution < -0.4 is 20.5 Å². The molecule has 0 aliphatic rings. The SMILES string of the molecule is CCOc1cccc(C(=O)Nc2ccc(OC)cc2N)c1. The number of ether oxygens (including phenoxy) is 2. The first-order valence-electron chi connectivity index (χ1n) is 6.61. The summed E-state index contributed by atoms with van der Waals surface area (Å²) in [6.45, 7) is 2.45. The molecule has 21 heavy (non-hydrogen) atoms. The van der Waals surface area contributed by atoms with E-state index < -0.39 is 0 Å². The summed E-state index contributed by atoms with van der Waals surface area (Å²) in [7, 11) is 1.56. The first kappa shape index (κ1) is 14.7. The van der Waals surface area contributed by atoms with Gasteiger partial charge >= 0.3 is 0 Å². The highest BCUT2D eigenvalue weighted by molar-refractivity contribution is 6.06. The van der Waals surface area contributed by atoms with E-state index in [2.05, 4.69) is 5.32 Å². The molecule has 2 aromatic rings. The van der Waals surface area contributed by atoms with Crippen LogP contribution in [0.4, 0.5) is 11.4 Å². The van der Waals surface area contributed by atoms with Gasteiger partial charge in [0.25, 0.3) is 5.91 Å². The van der Waals surface area contributed by atoms with Gasteiger partial charge in [0.2, 0.25) is 0 Å². The average Bonchev–Trinajstić information content (AvgIpc) is 2.50. The van der Waals surface area contributed by atoms with Crippen LogP contribution in [0, 0.1) is 0 Å². The second-order valence-corrected chi connectivity index (χ2v) is 4.37. The predicted octanol–water partition coefficient (Wildman–Crippen LogP) is 2.93. The van der Waals surface area contributed by atoms with E-state index in [1.165, 1.54) is 0 Å². The van der Waals surface area contributed by atoms with Gasteiger partial charge in [0, 0.05) is 11.6 Å². The summed E-state index contributed by atoms with van der Waals surface area (Å²) in [6, 6.07) is 12.1. The summed E-state index contributed by atoms with van der Waals surface area (Å²) in [4.78, 5) is 12.2. The first-order valence-corrected chi connectivity index (χ1v) is 6.61. The van der Waals surface area contributed by atoms with Crippen LogP contribution in [0.2, 0.25) is 0 Å². The zero-order chi connectivity index (χ0) is 15.2. The van der Waals surface area contributed by atoms with Crippen molar-refractivity contribution in [2.24, 2.45) is 0 Å². The topological polar surface area (TPSA) is 73.6 Å². The van der Waals surface area contributed by atoms with E-state index in [1.54, 1.807) is 43.5 Å². The van der Waals surface area contributed by atoms with Crippen LogP contribution in [-0.2, 0) is 0 Å². The maximum Gasteiger partial charge on any atom is 0.255 e. The fourth-order valence-corrected chi connectivity index (χ4v) is 1.87. The second kappa shape index (κ2) is 6.65. The molecular formula is C16H18N2O3. The highest BCUT2D eigenvalue weighted by atomic mass is 16.5. The minimum absolute atomic E-state index is 0.242. The monoisotopic (exact) mass is 286 g/mol. The van der Waals surface area contributed by atoms with Crippen molar-refractivity contribution in [3.05, 3.63) is 48.0 Å².